The summed E-state index contributed by atoms with van der Waals surface area (Å²) in [6, 6.07) is 5.04. The third-order valence-electron chi connectivity index (χ3n) is 3.68. The number of nitro benzene ring substituents is 1. The number of hydrogen-bond donors (Lipinski definition) is 1. The van der Waals surface area contributed by atoms with Crippen LogP contribution in [0.15, 0.2) is 30.5 Å². The van der Waals surface area contributed by atoms with Gasteiger partial charge < -0.3 is 5.32 Å². The van der Waals surface area contributed by atoms with Crippen LogP contribution in [0.3, 0.4) is 0 Å². The molecular weight excluding hydrogens is 303 g/mol. The summed E-state index contributed by atoms with van der Waals surface area (Å²) < 4.78 is 13.3. The zero-order valence-electron chi connectivity index (χ0n) is 12.2. The fraction of sp³-hybridized carbons (Fsp3) is 0.267. The molecule has 118 valence electrons. The molecule has 1 N–H and O–H groups in total. The van der Waals surface area contributed by atoms with E-state index >= 15 is 0 Å². The van der Waals surface area contributed by atoms with E-state index in [4.69, 9.17) is 0 Å². The van der Waals surface area contributed by atoms with Gasteiger partial charge in [0.25, 0.3) is 0 Å². The van der Waals surface area contributed by atoms with Crippen molar-refractivity contribution >= 4 is 17.3 Å². The molecule has 1 heterocycles. The van der Waals surface area contributed by atoms with Gasteiger partial charge in [0, 0.05) is 35.5 Å². The fourth-order valence-corrected chi connectivity index (χ4v) is 2.38. The van der Waals surface area contributed by atoms with Crippen LogP contribution < -0.4 is 5.32 Å². The SMILES string of the molecule is Cc1ccnc(C2CC2C(=O)Nc2ccc(F)c([N+](=O)[O-])c2)n1. The topological polar surface area (TPSA) is 98.0 Å². The molecule has 1 amide bonds. The maximum Gasteiger partial charge on any atom is 0.306 e. The number of anilines is 1. The zero-order valence-corrected chi connectivity index (χ0v) is 12.2. The number of halogens is 1. The second kappa shape index (κ2) is 5.71. The van der Waals surface area contributed by atoms with Gasteiger partial charge in [-0.2, -0.15) is 4.39 Å². The number of nitro groups is 1. The number of rotatable bonds is 4. The number of benzene rings is 1. The monoisotopic (exact) mass is 316 g/mol. The summed E-state index contributed by atoms with van der Waals surface area (Å²) in [5, 5.41) is 13.3. The van der Waals surface area contributed by atoms with E-state index in [1.165, 1.54) is 6.07 Å². The lowest BCUT2D eigenvalue weighted by molar-refractivity contribution is -0.387. The molecule has 1 fully saturated rings. The molecule has 0 radical (unpaired) electrons. The third kappa shape index (κ3) is 3.15. The predicted molar refractivity (Wildman–Crippen MR) is 79.3 cm³/mol. The highest BCUT2D eigenvalue weighted by molar-refractivity contribution is 5.95. The minimum Gasteiger partial charge on any atom is -0.326 e. The molecule has 2 aromatic rings. The first-order valence-electron chi connectivity index (χ1n) is 7.00. The maximum atomic E-state index is 13.3. The maximum absolute atomic E-state index is 13.3. The Morgan fingerprint density at radius 1 is 1.43 bits per heavy atom. The summed E-state index contributed by atoms with van der Waals surface area (Å²) >= 11 is 0. The van der Waals surface area contributed by atoms with Crippen LogP contribution in [0.1, 0.15) is 23.9 Å². The number of carbonyl (C=O) groups excluding carboxylic acids is 1. The molecule has 8 heteroatoms. The largest absolute Gasteiger partial charge is 0.326 e. The molecule has 0 spiro atoms. The smallest absolute Gasteiger partial charge is 0.306 e. The number of nitrogens with zero attached hydrogens (tertiary/aromatic N) is 3. The Morgan fingerprint density at radius 2 is 2.22 bits per heavy atom. The lowest BCUT2D eigenvalue weighted by Gasteiger charge is -2.05. The number of carbonyl (C=O) groups is 1. The van der Waals surface area contributed by atoms with Gasteiger partial charge >= 0.3 is 5.69 Å². The van der Waals surface area contributed by atoms with Crippen LogP contribution in [0.2, 0.25) is 0 Å². The van der Waals surface area contributed by atoms with Gasteiger partial charge in [-0.3, -0.25) is 14.9 Å². The third-order valence-corrected chi connectivity index (χ3v) is 3.68. The molecule has 3 rings (SSSR count). The van der Waals surface area contributed by atoms with Crippen LogP contribution in [0.25, 0.3) is 0 Å². The van der Waals surface area contributed by atoms with Gasteiger partial charge in [-0.05, 0) is 31.5 Å². The summed E-state index contributed by atoms with van der Waals surface area (Å²) in [7, 11) is 0. The van der Waals surface area contributed by atoms with Gasteiger partial charge in [0.15, 0.2) is 0 Å². The van der Waals surface area contributed by atoms with E-state index in [2.05, 4.69) is 15.3 Å². The summed E-state index contributed by atoms with van der Waals surface area (Å²) in [4.78, 5) is 30.5. The van der Waals surface area contributed by atoms with Gasteiger partial charge in [-0.25, -0.2) is 9.97 Å². The fourth-order valence-electron chi connectivity index (χ4n) is 2.38. The Morgan fingerprint density at radius 3 is 2.91 bits per heavy atom. The lowest BCUT2D eigenvalue weighted by atomic mass is 10.2. The molecule has 7 nitrogen and oxygen atoms in total. The molecule has 1 aromatic heterocycles. The predicted octanol–water partition coefficient (Wildman–Crippen LogP) is 2.57. The zero-order chi connectivity index (χ0) is 16.6. The second-order valence-corrected chi connectivity index (χ2v) is 5.42. The summed E-state index contributed by atoms with van der Waals surface area (Å²) in [5.41, 5.74) is 0.353. The molecule has 0 bridgehead atoms. The van der Waals surface area contributed by atoms with E-state index in [-0.39, 0.29) is 23.4 Å². The Bertz CT molecular complexity index is 796. The number of aryl methyl sites for hydroxylation is 1. The van der Waals surface area contributed by atoms with Crippen LogP contribution in [0.5, 0.6) is 0 Å². The number of nitrogens with one attached hydrogen (secondary N) is 1. The van der Waals surface area contributed by atoms with Gasteiger partial charge in [0.1, 0.15) is 5.82 Å². The van der Waals surface area contributed by atoms with Crippen molar-refractivity contribution in [3.63, 3.8) is 0 Å². The lowest BCUT2D eigenvalue weighted by Crippen LogP contribution is -2.15. The average molecular weight is 316 g/mol. The highest BCUT2D eigenvalue weighted by Gasteiger charge is 2.46. The molecular formula is C15H13FN4O3. The van der Waals surface area contributed by atoms with Crippen molar-refractivity contribution in [1.29, 1.82) is 0 Å². The Labute approximate surface area is 130 Å². The van der Waals surface area contributed by atoms with Crippen molar-refractivity contribution in [2.45, 2.75) is 19.3 Å². The molecule has 1 aromatic carbocycles. The average Bonchev–Trinajstić information content (AvgIpc) is 3.29. The Hall–Kier alpha value is -2.90. The van der Waals surface area contributed by atoms with Gasteiger partial charge in [-0.1, -0.05) is 0 Å². The molecule has 0 saturated heterocycles. The first-order chi connectivity index (χ1) is 11.0. The van der Waals surface area contributed by atoms with Crippen LogP contribution in [0, 0.1) is 28.8 Å². The minimum absolute atomic E-state index is 0.0506. The van der Waals surface area contributed by atoms with Gasteiger partial charge in [-0.15, -0.1) is 0 Å². The van der Waals surface area contributed by atoms with Crippen molar-refractivity contribution in [1.82, 2.24) is 9.97 Å². The number of aromatic nitrogens is 2. The molecule has 2 unspecified atom stereocenters. The molecule has 1 aliphatic carbocycles. The molecule has 0 aliphatic heterocycles. The summed E-state index contributed by atoms with van der Waals surface area (Å²) in [5.74, 6) is -0.923. The normalized spacial score (nSPS) is 19.2. The van der Waals surface area contributed by atoms with Crippen LogP contribution in [0.4, 0.5) is 15.8 Å². The molecule has 1 saturated carbocycles. The van der Waals surface area contributed by atoms with Crippen molar-refractivity contribution in [2.75, 3.05) is 5.32 Å². The van der Waals surface area contributed by atoms with Crippen LogP contribution in [-0.2, 0) is 4.79 Å². The first kappa shape index (κ1) is 15.0. The first-order valence-corrected chi connectivity index (χ1v) is 7.00. The molecule has 1 aliphatic rings. The van der Waals surface area contributed by atoms with E-state index in [9.17, 15) is 19.3 Å². The number of amides is 1. The Kier molecular flexibility index (Phi) is 3.73. The van der Waals surface area contributed by atoms with Crippen molar-refractivity contribution in [3.8, 4) is 0 Å². The van der Waals surface area contributed by atoms with Gasteiger partial charge in [0.2, 0.25) is 11.7 Å². The standard InChI is InChI=1S/C15H13FN4O3/c1-8-4-5-17-14(18-8)10-7-11(10)15(21)19-9-2-3-12(16)13(6-9)20(22)23/h2-6,10-11H,7H2,1H3,(H,19,21). The van der Waals surface area contributed by atoms with Crippen LogP contribution >= 0.6 is 0 Å². The second-order valence-electron chi connectivity index (χ2n) is 5.42. The quantitative estimate of drug-likeness (QED) is 0.690. The van der Waals surface area contributed by atoms with Crippen molar-refractivity contribution in [2.24, 2.45) is 5.92 Å². The van der Waals surface area contributed by atoms with E-state index in [1.54, 1.807) is 12.3 Å². The van der Waals surface area contributed by atoms with Crippen LogP contribution in [-0.4, -0.2) is 20.8 Å². The van der Waals surface area contributed by atoms with Gasteiger partial charge in [0.05, 0.1) is 4.92 Å². The summed E-state index contributed by atoms with van der Waals surface area (Å²) in [6.45, 7) is 1.85. The van der Waals surface area contributed by atoms with E-state index < -0.39 is 16.4 Å². The molecule has 2 atom stereocenters. The highest BCUT2D eigenvalue weighted by atomic mass is 19.1. The van der Waals surface area contributed by atoms with Crippen molar-refractivity contribution in [3.05, 3.63) is 57.9 Å². The minimum atomic E-state index is -0.939. The van der Waals surface area contributed by atoms with E-state index in [1.807, 2.05) is 6.92 Å². The highest BCUT2D eigenvalue weighted by Crippen LogP contribution is 2.46. The molecule has 23 heavy (non-hydrogen) atoms. The van der Waals surface area contributed by atoms with E-state index in [0.717, 1.165) is 17.8 Å². The summed E-state index contributed by atoms with van der Waals surface area (Å²) in [6.07, 6.45) is 2.27. The Balaban J connectivity index is 1.69. The van der Waals surface area contributed by atoms with Crippen molar-refractivity contribution < 1.29 is 14.1 Å². The van der Waals surface area contributed by atoms with E-state index in [0.29, 0.717) is 12.2 Å². The number of hydrogen-bond acceptors (Lipinski definition) is 5.